The number of aliphatic hydroxyl groups excluding tert-OH is 1. The Bertz CT molecular complexity index is 605. The quantitative estimate of drug-likeness (QED) is 0.802. The Kier molecular flexibility index (Phi) is 4.35. The van der Waals surface area contributed by atoms with Gasteiger partial charge in [-0.05, 0) is 38.5 Å². The fraction of sp³-hybridized carbons (Fsp3) is 0.778. The van der Waals surface area contributed by atoms with Gasteiger partial charge in [-0.2, -0.15) is 0 Å². The third-order valence-electron chi connectivity index (χ3n) is 5.67. The lowest BCUT2D eigenvalue weighted by Crippen LogP contribution is -2.48. The zero-order chi connectivity index (χ0) is 16.7. The first-order chi connectivity index (χ1) is 11.6. The number of hydrogen-bond acceptors (Lipinski definition) is 4. The van der Waals surface area contributed by atoms with Crippen molar-refractivity contribution in [1.82, 2.24) is 14.5 Å². The summed E-state index contributed by atoms with van der Waals surface area (Å²) in [5.74, 6) is 1.95. The van der Waals surface area contributed by atoms with E-state index in [4.69, 9.17) is 4.74 Å². The van der Waals surface area contributed by atoms with Crippen LogP contribution in [0.5, 0.6) is 0 Å². The van der Waals surface area contributed by atoms with Gasteiger partial charge in [-0.15, -0.1) is 0 Å². The number of imidazole rings is 1. The Morgan fingerprint density at radius 2 is 2.17 bits per heavy atom. The molecule has 2 fully saturated rings. The number of nitrogens with zero attached hydrogens (tertiary/aromatic N) is 3. The molecule has 0 aromatic carbocycles. The lowest BCUT2D eigenvalue weighted by molar-refractivity contribution is -0.145. The second-order valence-electron chi connectivity index (χ2n) is 7.56. The average Bonchev–Trinajstić information content (AvgIpc) is 3.27. The maximum absolute atomic E-state index is 12.6. The predicted molar refractivity (Wildman–Crippen MR) is 88.3 cm³/mol. The van der Waals surface area contributed by atoms with Crippen LogP contribution in [0.4, 0.5) is 0 Å². The second kappa shape index (κ2) is 6.48. The van der Waals surface area contributed by atoms with Crippen LogP contribution < -0.4 is 0 Å². The van der Waals surface area contributed by atoms with Gasteiger partial charge in [0.25, 0.3) is 0 Å². The molecule has 0 radical (unpaired) electrons. The summed E-state index contributed by atoms with van der Waals surface area (Å²) < 4.78 is 8.00. The van der Waals surface area contributed by atoms with E-state index in [-0.39, 0.29) is 24.0 Å². The van der Waals surface area contributed by atoms with E-state index in [2.05, 4.69) is 16.5 Å². The standard InChI is InChI=1S/C18H27N3O3/c1-12-17-19-10-15(4-7-24-11-13-2-3-13)21(17)6-5-20(12)18(23)14-8-16(22)9-14/h10,12-14,16,22H,2-9,11H2,1H3/t12-,14?,16?/m0/s1. The molecule has 1 aliphatic heterocycles. The van der Waals surface area contributed by atoms with Gasteiger partial charge in [-0.25, -0.2) is 4.98 Å². The number of hydrogen-bond donors (Lipinski definition) is 1. The molecule has 3 aliphatic rings. The zero-order valence-corrected chi connectivity index (χ0v) is 14.4. The van der Waals surface area contributed by atoms with E-state index in [1.807, 2.05) is 11.1 Å². The number of rotatable bonds is 6. The van der Waals surface area contributed by atoms with Crippen LogP contribution >= 0.6 is 0 Å². The highest BCUT2D eigenvalue weighted by molar-refractivity contribution is 5.80. The van der Waals surface area contributed by atoms with Crippen LogP contribution in [0.3, 0.4) is 0 Å². The molecule has 1 N–H and O–H groups in total. The monoisotopic (exact) mass is 333 g/mol. The molecule has 1 amide bonds. The Morgan fingerprint density at radius 1 is 1.38 bits per heavy atom. The van der Waals surface area contributed by atoms with E-state index in [0.29, 0.717) is 12.8 Å². The molecule has 24 heavy (non-hydrogen) atoms. The van der Waals surface area contributed by atoms with Gasteiger partial charge in [-0.3, -0.25) is 4.79 Å². The average molecular weight is 333 g/mol. The van der Waals surface area contributed by atoms with Crippen molar-refractivity contribution < 1.29 is 14.6 Å². The summed E-state index contributed by atoms with van der Waals surface area (Å²) in [5, 5.41) is 9.43. The van der Waals surface area contributed by atoms with E-state index in [9.17, 15) is 9.90 Å². The lowest BCUT2D eigenvalue weighted by Gasteiger charge is -2.40. The summed E-state index contributed by atoms with van der Waals surface area (Å²) in [5.41, 5.74) is 1.21. The highest BCUT2D eigenvalue weighted by Crippen LogP contribution is 2.34. The third-order valence-corrected chi connectivity index (χ3v) is 5.67. The summed E-state index contributed by atoms with van der Waals surface area (Å²) in [4.78, 5) is 19.1. The Balaban J connectivity index is 1.36. The van der Waals surface area contributed by atoms with Crippen LogP contribution in [0.15, 0.2) is 6.20 Å². The number of ether oxygens (including phenoxy) is 1. The van der Waals surface area contributed by atoms with E-state index >= 15 is 0 Å². The number of fused-ring (bicyclic) bond motifs is 1. The maximum atomic E-state index is 12.6. The summed E-state index contributed by atoms with van der Waals surface area (Å²) in [6.45, 7) is 5.23. The van der Waals surface area contributed by atoms with Gasteiger partial charge >= 0.3 is 0 Å². The molecule has 4 rings (SSSR count). The molecule has 0 bridgehead atoms. The Labute approximate surface area is 142 Å². The maximum Gasteiger partial charge on any atom is 0.226 e. The van der Waals surface area contributed by atoms with Crippen molar-refractivity contribution in [3.05, 3.63) is 17.7 Å². The van der Waals surface area contributed by atoms with Crippen LogP contribution in [0.1, 0.15) is 50.2 Å². The number of amides is 1. The largest absolute Gasteiger partial charge is 0.393 e. The molecule has 6 heteroatoms. The minimum Gasteiger partial charge on any atom is -0.393 e. The van der Waals surface area contributed by atoms with Crippen LogP contribution in [-0.4, -0.2) is 51.3 Å². The number of aliphatic hydroxyl groups is 1. The molecule has 6 nitrogen and oxygen atoms in total. The second-order valence-corrected chi connectivity index (χ2v) is 7.56. The van der Waals surface area contributed by atoms with Crippen molar-refractivity contribution in [1.29, 1.82) is 0 Å². The highest BCUT2D eigenvalue weighted by Gasteiger charge is 2.39. The van der Waals surface area contributed by atoms with E-state index in [0.717, 1.165) is 44.5 Å². The predicted octanol–water partition coefficient (Wildman–Crippen LogP) is 1.53. The van der Waals surface area contributed by atoms with E-state index in [1.165, 1.54) is 18.5 Å². The summed E-state index contributed by atoms with van der Waals surface area (Å²) in [7, 11) is 0. The van der Waals surface area contributed by atoms with Crippen molar-refractivity contribution in [2.24, 2.45) is 11.8 Å². The highest BCUT2D eigenvalue weighted by atomic mass is 16.5. The van der Waals surface area contributed by atoms with Crippen LogP contribution in [0.2, 0.25) is 0 Å². The van der Waals surface area contributed by atoms with Crippen molar-refractivity contribution in [3.63, 3.8) is 0 Å². The molecule has 132 valence electrons. The number of aromatic nitrogens is 2. The number of carbonyl (C=O) groups is 1. The first-order valence-electron chi connectivity index (χ1n) is 9.24. The normalized spacial score (nSPS) is 29.2. The number of carbonyl (C=O) groups excluding carboxylic acids is 1. The van der Waals surface area contributed by atoms with Crippen molar-refractivity contribution >= 4 is 5.91 Å². The molecule has 0 saturated heterocycles. The molecule has 2 aliphatic carbocycles. The SMILES string of the molecule is C[C@H]1c2ncc(CCOCC3CC3)n2CCN1C(=O)C1CC(O)C1. The van der Waals surface area contributed by atoms with Gasteiger partial charge in [0.1, 0.15) is 5.82 Å². The third kappa shape index (κ3) is 3.09. The van der Waals surface area contributed by atoms with Crippen LogP contribution in [0, 0.1) is 11.8 Å². The summed E-state index contributed by atoms with van der Waals surface area (Å²) in [6, 6.07) is 0.00475. The van der Waals surface area contributed by atoms with E-state index in [1.54, 1.807) is 0 Å². The molecule has 2 heterocycles. The van der Waals surface area contributed by atoms with E-state index < -0.39 is 0 Å². The molecule has 0 unspecified atom stereocenters. The zero-order valence-electron chi connectivity index (χ0n) is 14.4. The topological polar surface area (TPSA) is 67.6 Å². The van der Waals surface area contributed by atoms with Gasteiger partial charge in [0, 0.05) is 43.9 Å². The Morgan fingerprint density at radius 3 is 2.88 bits per heavy atom. The van der Waals surface area contributed by atoms with Gasteiger partial charge in [0.05, 0.1) is 18.8 Å². The van der Waals surface area contributed by atoms with Crippen molar-refractivity contribution in [2.45, 2.75) is 57.7 Å². The minimum absolute atomic E-state index is 0.000688. The van der Waals surface area contributed by atoms with Gasteiger partial charge in [0.15, 0.2) is 0 Å². The minimum atomic E-state index is -0.289. The Hall–Kier alpha value is -1.40. The lowest BCUT2D eigenvalue weighted by atomic mass is 9.81. The smallest absolute Gasteiger partial charge is 0.226 e. The summed E-state index contributed by atoms with van der Waals surface area (Å²) in [6.07, 6.45) is 6.40. The van der Waals surface area contributed by atoms with Gasteiger partial charge in [0.2, 0.25) is 5.91 Å². The first kappa shape index (κ1) is 16.1. The fourth-order valence-electron chi connectivity index (χ4n) is 3.80. The fourth-order valence-corrected chi connectivity index (χ4v) is 3.80. The van der Waals surface area contributed by atoms with Crippen molar-refractivity contribution in [3.8, 4) is 0 Å². The van der Waals surface area contributed by atoms with Crippen LogP contribution in [-0.2, 0) is 22.5 Å². The molecule has 2 saturated carbocycles. The van der Waals surface area contributed by atoms with Gasteiger partial charge < -0.3 is 19.3 Å². The molecule has 0 spiro atoms. The molecule has 1 atom stereocenters. The van der Waals surface area contributed by atoms with Gasteiger partial charge in [-0.1, -0.05) is 0 Å². The molecule has 1 aromatic rings. The van der Waals surface area contributed by atoms with Crippen molar-refractivity contribution in [2.75, 3.05) is 19.8 Å². The molecule has 1 aromatic heterocycles. The first-order valence-corrected chi connectivity index (χ1v) is 9.24. The molecular weight excluding hydrogens is 306 g/mol. The van der Waals surface area contributed by atoms with Crippen LogP contribution in [0.25, 0.3) is 0 Å². The molecular formula is C18H27N3O3. The summed E-state index contributed by atoms with van der Waals surface area (Å²) >= 11 is 0.